The molecule has 0 aliphatic carbocycles. The van der Waals surface area contributed by atoms with E-state index in [1.807, 2.05) is 19.1 Å². The van der Waals surface area contributed by atoms with E-state index >= 15 is 0 Å². The van der Waals surface area contributed by atoms with E-state index in [1.54, 1.807) is 24.8 Å². The third kappa shape index (κ3) is 3.41. The Balaban J connectivity index is 1.79. The van der Waals surface area contributed by atoms with Crippen LogP contribution in [-0.2, 0) is 11.2 Å². The summed E-state index contributed by atoms with van der Waals surface area (Å²) in [7, 11) is 0. The van der Waals surface area contributed by atoms with Crippen LogP contribution in [0.2, 0.25) is 0 Å². The van der Waals surface area contributed by atoms with Gasteiger partial charge in [0, 0.05) is 31.2 Å². The molecule has 2 heterocycles. The van der Waals surface area contributed by atoms with E-state index in [1.165, 1.54) is 0 Å². The molecule has 5 nitrogen and oxygen atoms in total. The lowest BCUT2D eigenvalue weighted by molar-refractivity contribution is -0.121. The van der Waals surface area contributed by atoms with Crippen LogP contribution < -0.4 is 5.32 Å². The molecular weight excluding hydrogens is 228 g/mol. The molecule has 0 aliphatic rings. The van der Waals surface area contributed by atoms with Gasteiger partial charge in [0.25, 0.3) is 0 Å². The molecule has 2 aromatic heterocycles. The number of aromatic nitrogens is 3. The predicted molar refractivity (Wildman–Crippen MR) is 67.7 cm³/mol. The average Bonchev–Trinajstić information content (AvgIpc) is 2.91. The van der Waals surface area contributed by atoms with Gasteiger partial charge in [-0.25, -0.2) is 4.98 Å². The Morgan fingerprint density at radius 1 is 1.50 bits per heavy atom. The van der Waals surface area contributed by atoms with Gasteiger partial charge in [0.05, 0.1) is 6.04 Å². The van der Waals surface area contributed by atoms with E-state index in [0.29, 0.717) is 12.8 Å². The maximum atomic E-state index is 11.7. The van der Waals surface area contributed by atoms with Gasteiger partial charge in [-0.05, 0) is 25.0 Å². The van der Waals surface area contributed by atoms with Gasteiger partial charge in [-0.3, -0.25) is 9.78 Å². The molecule has 0 bridgehead atoms. The number of aryl methyl sites for hydroxylation is 1. The summed E-state index contributed by atoms with van der Waals surface area (Å²) < 4.78 is 0. The highest BCUT2D eigenvalue weighted by Crippen LogP contribution is 2.06. The molecule has 2 aromatic rings. The standard InChI is InChI=1S/C13H16N4O/c1-10(13-15-7-8-16-13)17-12(18)5-4-11-3-2-6-14-9-11/h2-3,6-10H,4-5H2,1H3,(H,15,16)(H,17,18). The highest BCUT2D eigenvalue weighted by atomic mass is 16.1. The molecule has 2 N–H and O–H groups in total. The van der Waals surface area contributed by atoms with Gasteiger partial charge in [0.1, 0.15) is 5.82 Å². The van der Waals surface area contributed by atoms with Crippen molar-refractivity contribution in [1.29, 1.82) is 0 Å². The molecule has 94 valence electrons. The maximum Gasteiger partial charge on any atom is 0.220 e. The minimum atomic E-state index is -0.0959. The molecule has 0 saturated heterocycles. The number of amides is 1. The van der Waals surface area contributed by atoms with Crippen molar-refractivity contribution in [3.05, 3.63) is 48.3 Å². The van der Waals surface area contributed by atoms with E-state index in [-0.39, 0.29) is 11.9 Å². The lowest BCUT2D eigenvalue weighted by Gasteiger charge is -2.11. The number of hydrogen-bond acceptors (Lipinski definition) is 3. The molecule has 0 spiro atoms. The molecule has 0 aromatic carbocycles. The first-order valence-corrected chi connectivity index (χ1v) is 5.93. The third-order valence-corrected chi connectivity index (χ3v) is 2.67. The normalized spacial score (nSPS) is 12.1. The molecule has 0 saturated carbocycles. The second-order valence-electron chi connectivity index (χ2n) is 4.12. The van der Waals surface area contributed by atoms with Gasteiger partial charge in [-0.15, -0.1) is 0 Å². The number of carbonyl (C=O) groups is 1. The van der Waals surface area contributed by atoms with Gasteiger partial charge >= 0.3 is 0 Å². The summed E-state index contributed by atoms with van der Waals surface area (Å²) in [5.74, 6) is 0.785. The van der Waals surface area contributed by atoms with Gasteiger partial charge in [-0.1, -0.05) is 6.07 Å². The van der Waals surface area contributed by atoms with Crippen LogP contribution in [-0.4, -0.2) is 20.9 Å². The van der Waals surface area contributed by atoms with E-state index in [4.69, 9.17) is 0 Å². The van der Waals surface area contributed by atoms with Crippen molar-refractivity contribution in [1.82, 2.24) is 20.3 Å². The summed E-state index contributed by atoms with van der Waals surface area (Å²) in [6, 6.07) is 3.75. The van der Waals surface area contributed by atoms with E-state index in [9.17, 15) is 4.79 Å². The quantitative estimate of drug-likeness (QED) is 0.839. The van der Waals surface area contributed by atoms with E-state index < -0.39 is 0 Å². The second kappa shape index (κ2) is 5.95. The topological polar surface area (TPSA) is 70.7 Å². The van der Waals surface area contributed by atoms with Crippen LogP contribution in [0.5, 0.6) is 0 Å². The van der Waals surface area contributed by atoms with Crippen LogP contribution in [0.3, 0.4) is 0 Å². The Morgan fingerprint density at radius 2 is 2.39 bits per heavy atom. The zero-order valence-corrected chi connectivity index (χ0v) is 10.3. The van der Waals surface area contributed by atoms with Crippen LogP contribution in [0.1, 0.15) is 30.8 Å². The van der Waals surface area contributed by atoms with Gasteiger partial charge in [0.15, 0.2) is 0 Å². The summed E-state index contributed by atoms with van der Waals surface area (Å²) in [6.45, 7) is 1.90. The Hall–Kier alpha value is -2.17. The second-order valence-corrected chi connectivity index (χ2v) is 4.12. The zero-order chi connectivity index (χ0) is 12.8. The molecule has 2 rings (SSSR count). The van der Waals surface area contributed by atoms with Crippen molar-refractivity contribution in [3.8, 4) is 0 Å². The van der Waals surface area contributed by atoms with Crippen LogP contribution in [0.25, 0.3) is 0 Å². The zero-order valence-electron chi connectivity index (χ0n) is 10.3. The molecule has 0 fully saturated rings. The molecule has 1 amide bonds. The molecule has 5 heteroatoms. The summed E-state index contributed by atoms with van der Waals surface area (Å²) in [5.41, 5.74) is 1.07. The highest BCUT2D eigenvalue weighted by Gasteiger charge is 2.10. The van der Waals surface area contributed by atoms with Crippen LogP contribution in [0.4, 0.5) is 0 Å². The lowest BCUT2D eigenvalue weighted by atomic mass is 10.1. The first kappa shape index (κ1) is 12.3. The van der Waals surface area contributed by atoms with Crippen molar-refractivity contribution in [3.63, 3.8) is 0 Å². The number of hydrogen-bond donors (Lipinski definition) is 2. The minimum Gasteiger partial charge on any atom is -0.347 e. The molecule has 18 heavy (non-hydrogen) atoms. The highest BCUT2D eigenvalue weighted by molar-refractivity contribution is 5.76. The van der Waals surface area contributed by atoms with Gasteiger partial charge in [0.2, 0.25) is 5.91 Å². The van der Waals surface area contributed by atoms with Gasteiger partial charge in [-0.2, -0.15) is 0 Å². The molecule has 0 radical (unpaired) electrons. The SMILES string of the molecule is CC(NC(=O)CCc1cccnc1)c1ncc[nH]1. The Morgan fingerprint density at radius 3 is 3.06 bits per heavy atom. The number of nitrogens with one attached hydrogen (secondary N) is 2. The van der Waals surface area contributed by atoms with Crippen molar-refractivity contribution >= 4 is 5.91 Å². The van der Waals surface area contributed by atoms with Crippen LogP contribution in [0.15, 0.2) is 36.9 Å². The Labute approximate surface area is 106 Å². The largest absolute Gasteiger partial charge is 0.347 e. The number of H-pyrrole nitrogens is 1. The predicted octanol–water partition coefficient (Wildman–Crippen LogP) is 1.61. The number of pyridine rings is 1. The summed E-state index contributed by atoms with van der Waals surface area (Å²) >= 11 is 0. The third-order valence-electron chi connectivity index (χ3n) is 2.67. The van der Waals surface area contributed by atoms with Crippen molar-refractivity contribution in [2.24, 2.45) is 0 Å². The van der Waals surface area contributed by atoms with Crippen LogP contribution >= 0.6 is 0 Å². The fraction of sp³-hybridized carbons (Fsp3) is 0.308. The number of rotatable bonds is 5. The summed E-state index contributed by atoms with van der Waals surface area (Å²) in [4.78, 5) is 22.9. The molecular formula is C13H16N4O. The van der Waals surface area contributed by atoms with Crippen LogP contribution in [0, 0.1) is 0 Å². The minimum absolute atomic E-state index is 0.0164. The average molecular weight is 244 g/mol. The van der Waals surface area contributed by atoms with Crippen molar-refractivity contribution < 1.29 is 4.79 Å². The number of carbonyl (C=O) groups excluding carboxylic acids is 1. The van der Waals surface area contributed by atoms with E-state index in [2.05, 4.69) is 20.3 Å². The summed E-state index contributed by atoms with van der Waals surface area (Å²) in [5, 5.41) is 2.90. The first-order chi connectivity index (χ1) is 8.75. The van der Waals surface area contributed by atoms with E-state index in [0.717, 1.165) is 11.4 Å². The fourth-order valence-corrected chi connectivity index (χ4v) is 1.70. The molecule has 1 atom stereocenters. The number of nitrogens with zero attached hydrogens (tertiary/aromatic N) is 2. The molecule has 0 aliphatic heterocycles. The summed E-state index contributed by atoms with van der Waals surface area (Å²) in [6.07, 6.45) is 8.08. The number of aromatic amines is 1. The Kier molecular flexibility index (Phi) is 4.06. The maximum absolute atomic E-state index is 11.7. The van der Waals surface area contributed by atoms with Gasteiger partial charge < -0.3 is 10.3 Å². The Bertz CT molecular complexity index is 481. The molecule has 1 unspecified atom stereocenters. The lowest BCUT2D eigenvalue weighted by Crippen LogP contribution is -2.27. The number of imidazole rings is 1. The monoisotopic (exact) mass is 244 g/mol. The van der Waals surface area contributed by atoms with Crippen molar-refractivity contribution in [2.45, 2.75) is 25.8 Å². The smallest absolute Gasteiger partial charge is 0.220 e. The first-order valence-electron chi connectivity index (χ1n) is 5.93. The fourth-order valence-electron chi connectivity index (χ4n) is 1.70. The van der Waals surface area contributed by atoms with Crippen molar-refractivity contribution in [2.75, 3.05) is 0 Å².